The number of aliphatic hydroxyl groups is 5. The van der Waals surface area contributed by atoms with Crippen molar-refractivity contribution < 1.29 is 121 Å². The van der Waals surface area contributed by atoms with E-state index in [4.69, 9.17) is 70.6 Å². The van der Waals surface area contributed by atoms with Crippen molar-refractivity contribution in [3.05, 3.63) is 429 Å². The molecule has 14 aromatic rings. The number of thioether (sulfide) groups is 5. The fourth-order valence-electron chi connectivity index (χ4n) is 16.3. The van der Waals surface area contributed by atoms with E-state index >= 15 is 0 Å². The first kappa shape index (κ1) is 110. The summed E-state index contributed by atoms with van der Waals surface area (Å²) in [5.74, 6) is -4.58. The number of fused-ring (bicyclic) bond motifs is 2. The van der Waals surface area contributed by atoms with Crippen LogP contribution in [0.2, 0.25) is 10.0 Å². The Morgan fingerprint density at radius 1 is 0.221 bits per heavy atom. The molecule has 5 heterocycles. The second-order valence-electron chi connectivity index (χ2n) is 35.0. The summed E-state index contributed by atoms with van der Waals surface area (Å²) < 4.78 is 55.1. The first-order valence-corrected chi connectivity index (χ1v) is 53.2. The summed E-state index contributed by atoms with van der Waals surface area (Å²) in [4.78, 5) is 124. The van der Waals surface area contributed by atoms with Crippen LogP contribution >= 0.6 is 82.0 Å². The highest BCUT2D eigenvalue weighted by Crippen LogP contribution is 2.42. The van der Waals surface area contributed by atoms with Gasteiger partial charge >= 0.3 is 59.7 Å². The molecule has 766 valence electrons. The van der Waals surface area contributed by atoms with Gasteiger partial charge in [-0.3, -0.25) is 0 Å². The molecule has 5 aliphatic heterocycles. The number of halogens is 2. The van der Waals surface area contributed by atoms with Crippen LogP contribution in [0.5, 0.6) is 0 Å². The molecule has 5 fully saturated rings. The topological polar surface area (TPSA) is 364 Å². The Kier molecular flexibility index (Phi) is 39.8. The number of carbonyl (C=O) groups is 10. The van der Waals surface area contributed by atoms with Crippen molar-refractivity contribution in [1.29, 1.82) is 0 Å². The lowest BCUT2D eigenvalue weighted by atomic mass is 10.0. The highest BCUT2D eigenvalue weighted by atomic mass is 35.5. The van der Waals surface area contributed by atoms with Crippen LogP contribution in [0.1, 0.15) is 147 Å². The van der Waals surface area contributed by atoms with Gasteiger partial charge < -0.3 is 72.9 Å². The third-order valence-corrected chi connectivity index (χ3v) is 31.3. The van der Waals surface area contributed by atoms with Crippen molar-refractivity contribution in [1.82, 2.24) is 0 Å². The minimum Gasteiger partial charge on any atom is -0.461 e. The minimum atomic E-state index is -0.688. The molecule has 0 bridgehead atoms. The summed E-state index contributed by atoms with van der Waals surface area (Å²) in [6.45, 7) is 4.12. The molecule has 0 aromatic heterocycles. The fraction of sp³-hybridized carbons (Fsp3) is 0.231. The van der Waals surface area contributed by atoms with Crippen molar-refractivity contribution in [3.8, 4) is 22.3 Å². The van der Waals surface area contributed by atoms with Crippen molar-refractivity contribution in [2.75, 3.05) is 33.0 Å². The van der Waals surface area contributed by atoms with Crippen LogP contribution in [0.4, 0.5) is 0 Å². The lowest BCUT2D eigenvalue weighted by Gasteiger charge is -2.19. The maximum atomic E-state index is 12.8. The lowest BCUT2D eigenvalue weighted by Crippen LogP contribution is -2.29. The molecule has 0 spiro atoms. The van der Waals surface area contributed by atoms with Crippen molar-refractivity contribution in [2.24, 2.45) is 0 Å². The van der Waals surface area contributed by atoms with E-state index in [1.54, 1.807) is 170 Å². The molecular weight excluding hydrogens is 2040 g/mol. The number of ether oxygens (including phenoxy) is 10. The monoisotopic (exact) mass is 2140 g/mol. The molecular formula is C117H104Cl2O25S5. The maximum Gasteiger partial charge on any atom is 0.338 e. The number of aliphatic hydroxyl groups excluding tert-OH is 5. The van der Waals surface area contributed by atoms with Crippen LogP contribution in [0.3, 0.4) is 0 Å². The quantitative estimate of drug-likeness (QED) is 0.0236. The molecule has 149 heavy (non-hydrogen) atoms. The van der Waals surface area contributed by atoms with E-state index in [-0.39, 0.29) is 72.1 Å². The minimum absolute atomic E-state index is 0.0156. The Hall–Kier alpha value is -13.6. The van der Waals surface area contributed by atoms with Gasteiger partial charge in [0.25, 0.3) is 0 Å². The van der Waals surface area contributed by atoms with Gasteiger partial charge in [-0.1, -0.05) is 241 Å². The van der Waals surface area contributed by atoms with E-state index in [1.807, 2.05) is 196 Å². The van der Waals surface area contributed by atoms with Crippen LogP contribution in [-0.2, 0) is 47.4 Å². The Morgan fingerprint density at radius 2 is 0.409 bits per heavy atom. The van der Waals surface area contributed by atoms with Gasteiger partial charge in [-0.25, -0.2) is 47.9 Å². The van der Waals surface area contributed by atoms with E-state index in [0.29, 0.717) is 84.9 Å². The first-order valence-electron chi connectivity index (χ1n) is 47.7. The Bertz CT molecular complexity index is 6760. The summed E-state index contributed by atoms with van der Waals surface area (Å²) in [5.41, 5.74) is 7.28. The van der Waals surface area contributed by atoms with E-state index < -0.39 is 117 Å². The molecule has 0 aliphatic carbocycles. The molecule has 25 nitrogen and oxygen atoms in total. The zero-order valence-electron chi connectivity index (χ0n) is 80.4. The molecule has 15 atom stereocenters. The third-order valence-electron chi connectivity index (χ3n) is 24.3. The van der Waals surface area contributed by atoms with Crippen LogP contribution in [0.15, 0.2) is 352 Å². The van der Waals surface area contributed by atoms with Crippen LogP contribution in [0.25, 0.3) is 43.8 Å². The highest BCUT2D eigenvalue weighted by Gasteiger charge is 2.44. The van der Waals surface area contributed by atoms with Crippen molar-refractivity contribution in [3.63, 3.8) is 0 Å². The summed E-state index contributed by atoms with van der Waals surface area (Å²) in [6, 6.07) is 105. The van der Waals surface area contributed by atoms with Crippen LogP contribution < -0.4 is 0 Å². The number of hydrogen-bond acceptors (Lipinski definition) is 30. The molecule has 19 rings (SSSR count). The van der Waals surface area contributed by atoms with Gasteiger partial charge in [-0.05, 0) is 203 Å². The largest absolute Gasteiger partial charge is 0.461 e. The standard InChI is InChI=1S/C31H26O5S.C27H22O5S.C21H22O5S.C19H16Cl2O5S.C19H18O5S/c32-29-19-27(36-31(34)26-17-13-24(14-18-26)22-9-5-2-6-10-22)28(37-29)20-35-30(33)25-15-11-23(12-16-25)21-7-3-1-4-8-21;28-25-15-23(32-27(30)22-12-10-18-6-2-4-8-20(18)14-22)24(33-25)16-31-26(29)21-11-9-17-5-1-3-7-19(17)13-21;1-13-3-7-15(8-4-13)20(23)25-12-18-17(11-19(22)27-18)26-21(24)16-9-5-14(2)6-10-16;20-13-5-1-11(2-6-13)18(23)25-10-16-15(9-17(22)27-16)26-19(24)12-3-7-14(21)8-4-12;20-17-11-15(24-19(22)14-9-5-2-6-10-14)16(25-17)12-23-18(21)13-7-3-1-4-8-13/h1-18,27-29,32H,19-20H2;1-14,23-25,28H,15-16H2;3-10,17-19,22H,11-12H2,1-2H3;1-8,15-17,22H,9-10H2;1-10,15-17,20H,11-12H2/t27-,28+,29?;23-,24+,25?;17-,18+,19?;2*15-,16+,17?/m11111/s1. The smallest absolute Gasteiger partial charge is 0.338 e. The summed E-state index contributed by atoms with van der Waals surface area (Å²) >= 11 is 17.8. The second-order valence-corrected chi connectivity index (χ2v) is 43.0. The van der Waals surface area contributed by atoms with Gasteiger partial charge in [0.1, 0.15) is 90.7 Å². The first-order chi connectivity index (χ1) is 72.1. The molecule has 0 saturated carbocycles. The van der Waals surface area contributed by atoms with Crippen LogP contribution in [-0.4, -0.2) is 202 Å². The third kappa shape index (κ3) is 32.0. The molecule has 32 heteroatoms. The average molecular weight is 2140 g/mol. The Labute approximate surface area is 891 Å². The predicted molar refractivity (Wildman–Crippen MR) is 577 cm³/mol. The van der Waals surface area contributed by atoms with E-state index in [0.717, 1.165) is 54.9 Å². The number of aryl methyl sites for hydroxylation is 2. The van der Waals surface area contributed by atoms with Gasteiger partial charge in [0.05, 0.1) is 81.9 Å². The second kappa shape index (κ2) is 54.0. The fourth-order valence-corrected chi connectivity index (χ4v) is 22.5. The van der Waals surface area contributed by atoms with E-state index in [9.17, 15) is 73.5 Å². The summed E-state index contributed by atoms with van der Waals surface area (Å²) in [6.07, 6.45) is -1.21. The Balaban J connectivity index is 0.000000140. The molecule has 5 N–H and O–H groups in total. The molecule has 0 amide bonds. The zero-order valence-corrected chi connectivity index (χ0v) is 86.0. The number of esters is 10. The maximum absolute atomic E-state index is 12.8. The summed E-state index contributed by atoms with van der Waals surface area (Å²) in [5, 5.41) is 53.4. The number of hydrogen-bond donors (Lipinski definition) is 5. The molecule has 14 aromatic carbocycles. The van der Waals surface area contributed by atoms with E-state index in [1.165, 1.54) is 58.8 Å². The average Bonchev–Trinajstić information content (AvgIpc) is 1.32. The molecule has 5 aliphatic rings. The number of rotatable bonds is 27. The SMILES string of the molecule is Cc1ccc(C(=O)OC[C@@H]2SC(O)C[C@H]2OC(=O)c2ccc(C)cc2)cc1.O=C(OC[C@@H]1SC(O)C[C@H]1OC(=O)c1ccc(-c2ccccc2)cc1)c1ccc(-c2ccccc2)cc1.O=C(OC[C@@H]1SC(O)C[C@H]1OC(=O)c1ccc(Cl)cc1)c1ccc(Cl)cc1.O=C(OC[C@@H]1SC(O)C[C@H]1OC(=O)c1ccc2ccccc2c1)c1ccc2ccccc2c1.O=C(OC[C@@H]1SC(O)C[C@H]1OC(=O)c1ccccc1)c1ccccc1. The van der Waals surface area contributed by atoms with E-state index in [2.05, 4.69) is 0 Å². The Morgan fingerprint density at radius 3 is 0.685 bits per heavy atom. The van der Waals surface area contributed by atoms with Crippen molar-refractivity contribution in [2.45, 2.75) is 130 Å². The van der Waals surface area contributed by atoms with Gasteiger partial charge in [-0.2, -0.15) is 0 Å². The van der Waals surface area contributed by atoms with Crippen molar-refractivity contribution >= 4 is 163 Å². The predicted octanol–water partition coefficient (Wildman–Crippen LogP) is 22.0. The molecule has 5 unspecified atom stereocenters. The normalized spacial score (nSPS) is 20.7. The number of carbonyl (C=O) groups excluding carboxylic acids is 10. The van der Waals surface area contributed by atoms with Gasteiger partial charge in [0, 0.05) is 42.1 Å². The lowest BCUT2D eigenvalue weighted by molar-refractivity contribution is 0.0161. The van der Waals surface area contributed by atoms with Gasteiger partial charge in [0.15, 0.2) is 0 Å². The van der Waals surface area contributed by atoms with Gasteiger partial charge in [-0.15, -0.1) is 58.8 Å². The van der Waals surface area contributed by atoms with Gasteiger partial charge in [0.2, 0.25) is 0 Å². The summed E-state index contributed by atoms with van der Waals surface area (Å²) in [7, 11) is 0. The molecule has 0 radical (unpaired) electrons. The number of benzene rings is 14. The zero-order chi connectivity index (χ0) is 105. The van der Waals surface area contributed by atoms with Crippen LogP contribution in [0, 0.1) is 13.8 Å². The highest BCUT2D eigenvalue weighted by molar-refractivity contribution is 8.01. The molecule has 5 saturated heterocycles.